The highest BCUT2D eigenvalue weighted by molar-refractivity contribution is 6.24. The van der Waals surface area contributed by atoms with Gasteiger partial charge >= 0.3 is 0 Å². The molecule has 43 heavy (non-hydrogen) atoms. The minimum atomic E-state index is 0.374. The van der Waals surface area contributed by atoms with E-state index in [1.54, 1.807) is 12.3 Å². The molecule has 0 amide bonds. The van der Waals surface area contributed by atoms with Gasteiger partial charge in [-0.25, -0.2) is 9.97 Å². The van der Waals surface area contributed by atoms with Crippen LogP contribution in [-0.2, 0) is 0 Å². The summed E-state index contributed by atoms with van der Waals surface area (Å²) in [5, 5.41) is 14.2. The van der Waals surface area contributed by atoms with Gasteiger partial charge in [-0.15, -0.1) is 0 Å². The van der Waals surface area contributed by atoms with Crippen LogP contribution in [-0.4, -0.2) is 14.5 Å². The second kappa shape index (κ2) is 10.1. The first-order chi connectivity index (χ1) is 21.3. The van der Waals surface area contributed by atoms with Crippen molar-refractivity contribution in [1.29, 1.82) is 5.26 Å². The van der Waals surface area contributed by atoms with Crippen LogP contribution in [0.2, 0.25) is 0 Å². The van der Waals surface area contributed by atoms with Gasteiger partial charge in [0.05, 0.1) is 22.4 Å². The Balaban J connectivity index is 1.45. The standard InChI is InChI=1S/C39H24N4/c40-25-29-22-28(20-21-41-29)35-16-9-17-36(42-35)34-24-38-39(32-15-8-7-14-31(32)34)33-19-18-27(26-10-3-1-4-11-26)23-37(33)43(38)30-12-5-2-6-13-30/h1-24H. The van der Waals surface area contributed by atoms with Gasteiger partial charge in [0, 0.05) is 33.8 Å². The lowest BCUT2D eigenvalue weighted by Gasteiger charge is -2.12. The molecule has 0 atom stereocenters. The fourth-order valence-corrected chi connectivity index (χ4v) is 6.15. The molecule has 8 rings (SSSR count). The second-order valence-electron chi connectivity index (χ2n) is 10.6. The van der Waals surface area contributed by atoms with Crippen molar-refractivity contribution in [3.63, 3.8) is 0 Å². The summed E-state index contributed by atoms with van der Waals surface area (Å²) in [7, 11) is 0. The molecule has 0 aliphatic rings. The smallest absolute Gasteiger partial charge is 0.141 e. The Morgan fingerprint density at radius 1 is 0.535 bits per heavy atom. The van der Waals surface area contributed by atoms with Crippen molar-refractivity contribution in [1.82, 2.24) is 14.5 Å². The van der Waals surface area contributed by atoms with Crippen LogP contribution in [0.25, 0.3) is 71.9 Å². The first-order valence-corrected chi connectivity index (χ1v) is 14.2. The third-order valence-electron chi connectivity index (χ3n) is 8.09. The molecule has 0 bridgehead atoms. The van der Waals surface area contributed by atoms with Gasteiger partial charge in [0.2, 0.25) is 0 Å². The molecule has 0 N–H and O–H groups in total. The maximum Gasteiger partial charge on any atom is 0.141 e. The molecule has 0 radical (unpaired) electrons. The minimum Gasteiger partial charge on any atom is -0.309 e. The summed E-state index contributed by atoms with van der Waals surface area (Å²) in [6, 6.07) is 50.7. The number of nitrogens with zero attached hydrogens (tertiary/aromatic N) is 4. The molecule has 0 aliphatic heterocycles. The van der Waals surface area contributed by atoms with Gasteiger partial charge in [-0.3, -0.25) is 0 Å². The van der Waals surface area contributed by atoms with Crippen molar-refractivity contribution in [2.45, 2.75) is 0 Å². The number of rotatable bonds is 4. The molecule has 0 spiro atoms. The van der Waals surface area contributed by atoms with Crippen LogP contribution < -0.4 is 0 Å². The molecule has 4 nitrogen and oxygen atoms in total. The van der Waals surface area contributed by atoms with Crippen LogP contribution in [0.15, 0.2) is 146 Å². The number of para-hydroxylation sites is 1. The normalized spacial score (nSPS) is 11.2. The number of hydrogen-bond donors (Lipinski definition) is 0. The Morgan fingerprint density at radius 2 is 1.28 bits per heavy atom. The Bertz CT molecular complexity index is 2350. The summed E-state index contributed by atoms with van der Waals surface area (Å²) in [6.07, 6.45) is 1.66. The van der Waals surface area contributed by atoms with Crippen molar-refractivity contribution < 1.29 is 0 Å². The van der Waals surface area contributed by atoms with Gasteiger partial charge in [0.1, 0.15) is 11.8 Å². The van der Waals surface area contributed by atoms with Crippen LogP contribution in [0.1, 0.15) is 5.69 Å². The molecule has 3 heterocycles. The molecule has 0 saturated heterocycles. The van der Waals surface area contributed by atoms with Gasteiger partial charge in [0.15, 0.2) is 0 Å². The van der Waals surface area contributed by atoms with Crippen LogP contribution in [0, 0.1) is 11.3 Å². The first-order valence-electron chi connectivity index (χ1n) is 14.2. The average molecular weight is 549 g/mol. The summed E-state index contributed by atoms with van der Waals surface area (Å²) < 4.78 is 2.37. The predicted octanol–water partition coefficient (Wildman–Crippen LogP) is 9.60. The van der Waals surface area contributed by atoms with Crippen LogP contribution in [0.3, 0.4) is 0 Å². The zero-order valence-corrected chi connectivity index (χ0v) is 23.1. The van der Waals surface area contributed by atoms with Gasteiger partial charge in [-0.05, 0) is 70.4 Å². The van der Waals surface area contributed by atoms with Crippen molar-refractivity contribution in [3.8, 4) is 45.4 Å². The summed E-state index contributed by atoms with van der Waals surface area (Å²) in [6.45, 7) is 0. The molecule has 8 aromatic rings. The molecule has 0 unspecified atom stereocenters. The second-order valence-corrected chi connectivity index (χ2v) is 10.6. The Morgan fingerprint density at radius 3 is 2.09 bits per heavy atom. The quantitative estimate of drug-likeness (QED) is 0.220. The number of fused-ring (bicyclic) bond motifs is 5. The van der Waals surface area contributed by atoms with E-state index in [1.165, 1.54) is 27.3 Å². The average Bonchev–Trinajstić information content (AvgIpc) is 3.42. The zero-order chi connectivity index (χ0) is 28.8. The van der Waals surface area contributed by atoms with E-state index in [1.807, 2.05) is 18.2 Å². The number of hydrogen-bond acceptors (Lipinski definition) is 3. The van der Waals surface area contributed by atoms with E-state index in [0.29, 0.717) is 5.69 Å². The Hall–Kier alpha value is -6.05. The lowest BCUT2D eigenvalue weighted by Crippen LogP contribution is -1.95. The lowest BCUT2D eigenvalue weighted by molar-refractivity contribution is 1.18. The molecular formula is C39H24N4. The monoisotopic (exact) mass is 548 g/mol. The molecule has 0 aliphatic carbocycles. The molecule has 3 aromatic heterocycles. The van der Waals surface area contributed by atoms with Crippen LogP contribution in [0.5, 0.6) is 0 Å². The van der Waals surface area contributed by atoms with Crippen molar-refractivity contribution in [3.05, 3.63) is 151 Å². The summed E-state index contributed by atoms with van der Waals surface area (Å²) >= 11 is 0. The zero-order valence-electron chi connectivity index (χ0n) is 23.1. The number of pyridine rings is 2. The molecule has 5 aromatic carbocycles. The molecule has 0 saturated carbocycles. The third kappa shape index (κ3) is 4.15. The number of aromatic nitrogens is 3. The topological polar surface area (TPSA) is 54.5 Å². The summed E-state index contributed by atoms with van der Waals surface area (Å²) in [5.74, 6) is 0. The molecule has 200 valence electrons. The van der Waals surface area contributed by atoms with Gasteiger partial charge in [0.25, 0.3) is 0 Å². The molecule has 4 heteroatoms. The maximum absolute atomic E-state index is 9.39. The largest absolute Gasteiger partial charge is 0.309 e. The van der Waals surface area contributed by atoms with E-state index < -0.39 is 0 Å². The van der Waals surface area contributed by atoms with E-state index in [9.17, 15) is 5.26 Å². The van der Waals surface area contributed by atoms with E-state index in [-0.39, 0.29) is 0 Å². The Kier molecular flexibility index (Phi) is 5.80. The fourth-order valence-electron chi connectivity index (χ4n) is 6.15. The first kappa shape index (κ1) is 24.7. The fraction of sp³-hybridized carbons (Fsp3) is 0. The maximum atomic E-state index is 9.39. The van der Waals surface area contributed by atoms with Gasteiger partial charge in [-0.2, -0.15) is 5.26 Å². The summed E-state index contributed by atoms with van der Waals surface area (Å²) in [4.78, 5) is 9.24. The summed E-state index contributed by atoms with van der Waals surface area (Å²) in [5.41, 5.74) is 9.74. The number of benzene rings is 5. The predicted molar refractivity (Wildman–Crippen MR) is 175 cm³/mol. The minimum absolute atomic E-state index is 0.374. The van der Waals surface area contributed by atoms with Crippen molar-refractivity contribution in [2.75, 3.05) is 0 Å². The highest BCUT2D eigenvalue weighted by atomic mass is 15.0. The molecular weight excluding hydrogens is 524 g/mol. The third-order valence-corrected chi connectivity index (χ3v) is 8.09. The van der Waals surface area contributed by atoms with Gasteiger partial charge < -0.3 is 4.57 Å². The Labute approximate surface area is 248 Å². The highest BCUT2D eigenvalue weighted by Gasteiger charge is 2.19. The van der Waals surface area contributed by atoms with E-state index in [4.69, 9.17) is 4.98 Å². The lowest BCUT2D eigenvalue weighted by atomic mass is 9.96. The SMILES string of the molecule is N#Cc1cc(-c2cccc(-c3cc4c(c5ccccc35)c3ccc(-c5ccccc5)cc3n4-c3ccccc3)n2)ccn1. The van der Waals surface area contributed by atoms with Crippen LogP contribution in [0.4, 0.5) is 0 Å². The van der Waals surface area contributed by atoms with Crippen LogP contribution >= 0.6 is 0 Å². The van der Waals surface area contributed by atoms with Gasteiger partial charge in [-0.1, -0.05) is 91.0 Å². The number of nitriles is 1. The van der Waals surface area contributed by atoms with E-state index >= 15 is 0 Å². The van der Waals surface area contributed by atoms with Crippen molar-refractivity contribution in [2.24, 2.45) is 0 Å². The van der Waals surface area contributed by atoms with Crippen molar-refractivity contribution >= 4 is 32.6 Å². The van der Waals surface area contributed by atoms with E-state index in [0.717, 1.165) is 44.6 Å². The van der Waals surface area contributed by atoms with E-state index in [2.05, 4.69) is 131 Å². The molecule has 0 fully saturated rings. The highest BCUT2D eigenvalue weighted by Crippen LogP contribution is 2.42.